The molecule has 0 N–H and O–H groups in total. The van der Waals surface area contributed by atoms with Gasteiger partial charge in [0.1, 0.15) is 0 Å². The molecule has 0 radical (unpaired) electrons. The molecule has 0 saturated heterocycles. The highest BCUT2D eigenvalue weighted by Crippen LogP contribution is 2.10. The molecule has 0 aliphatic rings. The molecule has 0 amide bonds. The maximum absolute atomic E-state index is 10.9. The summed E-state index contributed by atoms with van der Waals surface area (Å²) in [5.74, 6) is 0.185. The fraction of sp³-hybridized carbons (Fsp3) is 0.867. The molecule has 0 heterocycles. The van der Waals surface area contributed by atoms with E-state index in [0.717, 1.165) is 6.42 Å². The number of hydrogen-bond acceptors (Lipinski definition) is 2. The molecule has 0 bridgehead atoms. The molecule has 108 valence electrons. The fourth-order valence-electron chi connectivity index (χ4n) is 1.93. The van der Waals surface area contributed by atoms with Crippen LogP contribution in [0.4, 0.5) is 0 Å². The first-order chi connectivity index (χ1) is 8.56. The Balaban J connectivity index is 3.16. The third-order valence-corrected chi connectivity index (χ3v) is 3.84. The van der Waals surface area contributed by atoms with Gasteiger partial charge in [-0.05, 0) is 12.8 Å². The Bertz CT molecular complexity index is 292. The predicted octanol–water partition coefficient (Wildman–Crippen LogP) is 4.51. The normalized spacial score (nSPS) is 12.3. The van der Waals surface area contributed by atoms with Crippen LogP contribution in [0.3, 0.4) is 0 Å². The van der Waals surface area contributed by atoms with E-state index in [9.17, 15) is 8.42 Å². The summed E-state index contributed by atoms with van der Waals surface area (Å²) in [4.78, 5) is 0. The summed E-state index contributed by atoms with van der Waals surface area (Å²) in [7, 11) is -2.82. The molecule has 0 fully saturated rings. The van der Waals surface area contributed by atoms with Crippen LogP contribution in [0.1, 0.15) is 71.1 Å². The topological polar surface area (TPSA) is 34.1 Å². The maximum atomic E-state index is 10.9. The lowest BCUT2D eigenvalue weighted by atomic mass is 10.1. The zero-order valence-corrected chi connectivity index (χ0v) is 13.0. The average Bonchev–Trinajstić information content (AvgIpc) is 2.29. The number of hydrogen-bond donors (Lipinski definition) is 0. The van der Waals surface area contributed by atoms with Gasteiger partial charge in [0.2, 0.25) is 0 Å². The van der Waals surface area contributed by atoms with Crippen LogP contribution in [-0.2, 0) is 9.84 Å². The molecule has 0 rings (SSSR count). The van der Waals surface area contributed by atoms with Crippen LogP contribution in [0.15, 0.2) is 12.2 Å². The lowest BCUT2D eigenvalue weighted by molar-refractivity contribution is 0.566. The molecular formula is C15H30O2S. The summed E-state index contributed by atoms with van der Waals surface area (Å²) in [6.45, 7) is 2.25. The van der Waals surface area contributed by atoms with E-state index >= 15 is 0 Å². The lowest BCUT2D eigenvalue weighted by Gasteiger charge is -2.00. The molecule has 0 aromatic heterocycles. The van der Waals surface area contributed by atoms with E-state index in [4.69, 9.17) is 0 Å². The van der Waals surface area contributed by atoms with Gasteiger partial charge in [-0.25, -0.2) is 8.42 Å². The maximum Gasteiger partial charge on any atom is 0.150 e. The zero-order chi connectivity index (χ0) is 13.7. The van der Waals surface area contributed by atoms with Gasteiger partial charge in [-0.1, -0.05) is 70.4 Å². The van der Waals surface area contributed by atoms with Gasteiger partial charge >= 0.3 is 0 Å². The minimum Gasteiger partial charge on any atom is -0.229 e. The molecule has 0 aromatic carbocycles. The number of sulfone groups is 1. The molecule has 0 aliphatic heterocycles. The van der Waals surface area contributed by atoms with Crippen molar-refractivity contribution in [3.05, 3.63) is 12.2 Å². The summed E-state index contributed by atoms with van der Waals surface area (Å²) in [5.41, 5.74) is 0. The van der Waals surface area contributed by atoms with Crippen LogP contribution in [0, 0.1) is 0 Å². The van der Waals surface area contributed by atoms with Crippen LogP contribution < -0.4 is 0 Å². The molecule has 3 heteroatoms. The third-order valence-electron chi connectivity index (χ3n) is 3.04. The van der Waals surface area contributed by atoms with Gasteiger partial charge in [0.25, 0.3) is 0 Å². The van der Waals surface area contributed by atoms with Crippen molar-refractivity contribution in [1.29, 1.82) is 0 Å². The first-order valence-electron chi connectivity index (χ1n) is 7.39. The molecule has 0 spiro atoms. The second-order valence-corrected chi connectivity index (χ2v) is 7.37. The van der Waals surface area contributed by atoms with Gasteiger partial charge in [-0.3, -0.25) is 0 Å². The largest absolute Gasteiger partial charge is 0.229 e. The van der Waals surface area contributed by atoms with E-state index in [1.165, 1.54) is 64.0 Å². The van der Waals surface area contributed by atoms with Gasteiger partial charge in [0.05, 0.1) is 5.75 Å². The van der Waals surface area contributed by atoms with Crippen LogP contribution in [0.25, 0.3) is 0 Å². The quantitative estimate of drug-likeness (QED) is 0.387. The van der Waals surface area contributed by atoms with Crippen LogP contribution in [0.5, 0.6) is 0 Å². The minimum atomic E-state index is -2.82. The number of rotatable bonds is 12. The van der Waals surface area contributed by atoms with Crippen LogP contribution in [0.2, 0.25) is 0 Å². The van der Waals surface area contributed by atoms with Gasteiger partial charge in [-0.15, -0.1) is 0 Å². The third kappa shape index (κ3) is 15.7. The molecule has 2 nitrogen and oxygen atoms in total. The van der Waals surface area contributed by atoms with Crippen molar-refractivity contribution in [3.63, 3.8) is 0 Å². The molecule has 0 aromatic rings. The van der Waals surface area contributed by atoms with Gasteiger partial charge in [0.15, 0.2) is 9.84 Å². The molecular weight excluding hydrogens is 244 g/mol. The first kappa shape index (κ1) is 17.7. The second-order valence-electron chi connectivity index (χ2n) is 5.18. The number of unbranched alkanes of at least 4 members (excludes halogenated alkanes) is 9. The van der Waals surface area contributed by atoms with E-state index in [2.05, 4.69) is 6.92 Å². The Morgan fingerprint density at radius 1 is 0.778 bits per heavy atom. The standard InChI is InChI=1S/C15H30O2S/c1-3-4-5-6-7-8-9-10-11-12-13-14-15-18(2,16)17/h13-14H,3-12,15H2,1-2H3/b14-13+. The Hall–Kier alpha value is -0.310. The monoisotopic (exact) mass is 274 g/mol. The van der Waals surface area contributed by atoms with Crippen molar-refractivity contribution in [3.8, 4) is 0 Å². The van der Waals surface area contributed by atoms with Crippen molar-refractivity contribution < 1.29 is 8.42 Å². The summed E-state index contributed by atoms with van der Waals surface area (Å²) < 4.78 is 21.7. The summed E-state index contributed by atoms with van der Waals surface area (Å²) in [5, 5.41) is 0. The fourth-order valence-corrected chi connectivity index (χ4v) is 2.42. The van der Waals surface area contributed by atoms with Gasteiger partial charge in [0, 0.05) is 6.26 Å². The Morgan fingerprint density at radius 3 is 1.78 bits per heavy atom. The predicted molar refractivity (Wildman–Crippen MR) is 80.7 cm³/mol. The van der Waals surface area contributed by atoms with E-state index in [-0.39, 0.29) is 5.75 Å². The average molecular weight is 274 g/mol. The van der Waals surface area contributed by atoms with Crippen molar-refractivity contribution in [2.45, 2.75) is 71.1 Å². The Labute approximate surface area is 114 Å². The van der Waals surface area contributed by atoms with Crippen LogP contribution >= 0.6 is 0 Å². The lowest BCUT2D eigenvalue weighted by Crippen LogP contribution is -1.98. The highest BCUT2D eigenvalue weighted by Gasteiger charge is 1.95. The molecule has 0 atom stereocenters. The summed E-state index contributed by atoms with van der Waals surface area (Å²) >= 11 is 0. The van der Waals surface area contributed by atoms with E-state index in [1.807, 2.05) is 6.08 Å². The van der Waals surface area contributed by atoms with Gasteiger partial charge < -0.3 is 0 Å². The smallest absolute Gasteiger partial charge is 0.150 e. The molecule has 18 heavy (non-hydrogen) atoms. The first-order valence-corrected chi connectivity index (χ1v) is 9.45. The van der Waals surface area contributed by atoms with E-state index in [1.54, 1.807) is 6.08 Å². The summed E-state index contributed by atoms with van der Waals surface area (Å²) in [6.07, 6.45) is 18.1. The molecule has 0 unspecified atom stereocenters. The van der Waals surface area contributed by atoms with Crippen LogP contribution in [-0.4, -0.2) is 20.4 Å². The highest BCUT2D eigenvalue weighted by atomic mass is 32.2. The van der Waals surface area contributed by atoms with Crippen molar-refractivity contribution in [2.75, 3.05) is 12.0 Å². The Morgan fingerprint density at radius 2 is 1.28 bits per heavy atom. The Kier molecular flexibility index (Phi) is 11.6. The SMILES string of the molecule is CCCCCCCCCCC/C=C/CS(C)(=O)=O. The summed E-state index contributed by atoms with van der Waals surface area (Å²) in [6, 6.07) is 0. The van der Waals surface area contributed by atoms with Crippen molar-refractivity contribution in [2.24, 2.45) is 0 Å². The van der Waals surface area contributed by atoms with Crippen molar-refractivity contribution >= 4 is 9.84 Å². The second kappa shape index (κ2) is 11.8. The zero-order valence-electron chi connectivity index (χ0n) is 12.2. The van der Waals surface area contributed by atoms with Gasteiger partial charge in [-0.2, -0.15) is 0 Å². The minimum absolute atomic E-state index is 0.185. The molecule has 0 saturated carbocycles. The van der Waals surface area contributed by atoms with E-state index < -0.39 is 9.84 Å². The number of allylic oxidation sites excluding steroid dienone is 1. The highest BCUT2D eigenvalue weighted by molar-refractivity contribution is 7.90. The van der Waals surface area contributed by atoms with E-state index in [0.29, 0.717) is 0 Å². The van der Waals surface area contributed by atoms with Crippen molar-refractivity contribution in [1.82, 2.24) is 0 Å². The molecule has 0 aliphatic carbocycles.